The van der Waals surface area contributed by atoms with Crippen LogP contribution in [0.15, 0.2) is 41.7 Å². The van der Waals surface area contributed by atoms with Crippen LogP contribution in [0.25, 0.3) is 0 Å². The highest BCUT2D eigenvalue weighted by atomic mass is 127. The minimum Gasteiger partial charge on any atom is -0.370 e. The minimum atomic E-state index is -0.187. The lowest BCUT2D eigenvalue weighted by molar-refractivity contribution is -0.00805. The molecule has 8 heteroatoms. The first kappa shape index (κ1) is 21.0. The zero-order valence-electron chi connectivity index (χ0n) is 16.3. The van der Waals surface area contributed by atoms with Crippen molar-refractivity contribution in [2.75, 3.05) is 33.3 Å². The van der Waals surface area contributed by atoms with Gasteiger partial charge < -0.3 is 15.0 Å². The Hall–Kier alpha value is -1.68. The highest BCUT2D eigenvalue weighted by molar-refractivity contribution is 14.0. The second-order valence-corrected chi connectivity index (χ2v) is 7.44. The molecule has 2 fully saturated rings. The average Bonchev–Trinajstić information content (AvgIpc) is 3.35. The summed E-state index contributed by atoms with van der Waals surface area (Å²) in [6, 6.07) is 6.90. The number of nitrogens with one attached hydrogen (secondary N) is 1. The molecule has 1 aliphatic carbocycles. The van der Waals surface area contributed by atoms with E-state index in [1.165, 1.54) is 5.56 Å². The number of halogens is 2. The minimum absolute atomic E-state index is 0. The van der Waals surface area contributed by atoms with Gasteiger partial charge in [-0.3, -0.25) is 9.67 Å². The molecule has 1 unspecified atom stereocenters. The first-order valence-corrected chi connectivity index (χ1v) is 9.41. The van der Waals surface area contributed by atoms with E-state index < -0.39 is 0 Å². The fraction of sp³-hybridized carbons (Fsp3) is 0.500. The Morgan fingerprint density at radius 1 is 1.36 bits per heavy atom. The van der Waals surface area contributed by atoms with Gasteiger partial charge in [0.05, 0.1) is 19.3 Å². The Balaban J connectivity index is 0.00000225. The lowest BCUT2D eigenvalue weighted by Crippen LogP contribution is -2.49. The molecule has 1 atom stereocenters. The second kappa shape index (κ2) is 8.77. The van der Waals surface area contributed by atoms with E-state index in [-0.39, 0.29) is 41.3 Å². The molecular formula is C20H27FIN5O. The molecular weight excluding hydrogens is 472 g/mol. The molecule has 1 saturated carbocycles. The number of hydrogen-bond donors (Lipinski definition) is 1. The summed E-state index contributed by atoms with van der Waals surface area (Å²) in [4.78, 5) is 6.72. The van der Waals surface area contributed by atoms with E-state index in [0.717, 1.165) is 44.0 Å². The summed E-state index contributed by atoms with van der Waals surface area (Å²) < 4.78 is 20.9. The van der Waals surface area contributed by atoms with Gasteiger partial charge >= 0.3 is 0 Å². The van der Waals surface area contributed by atoms with E-state index in [1.54, 1.807) is 16.8 Å². The molecule has 1 aromatic carbocycles. The van der Waals surface area contributed by atoms with E-state index in [2.05, 4.69) is 20.3 Å². The normalized spacial score (nSPS) is 21.2. The summed E-state index contributed by atoms with van der Waals surface area (Å²) >= 11 is 0. The monoisotopic (exact) mass is 499 g/mol. The summed E-state index contributed by atoms with van der Waals surface area (Å²) in [5, 5.41) is 7.78. The molecule has 1 aromatic heterocycles. The quantitative estimate of drug-likeness (QED) is 0.400. The molecule has 0 bridgehead atoms. The predicted molar refractivity (Wildman–Crippen MR) is 118 cm³/mol. The molecule has 0 spiro atoms. The lowest BCUT2D eigenvalue weighted by atomic mass is 9.96. The van der Waals surface area contributed by atoms with Gasteiger partial charge in [-0.05, 0) is 30.5 Å². The van der Waals surface area contributed by atoms with Crippen LogP contribution < -0.4 is 5.32 Å². The van der Waals surface area contributed by atoms with Gasteiger partial charge in [-0.2, -0.15) is 5.10 Å². The number of morpholine rings is 1. The van der Waals surface area contributed by atoms with Gasteiger partial charge in [0.2, 0.25) is 0 Å². The summed E-state index contributed by atoms with van der Waals surface area (Å²) in [7, 11) is 3.73. The summed E-state index contributed by atoms with van der Waals surface area (Å²) in [6.45, 7) is 3.01. The highest BCUT2D eigenvalue weighted by Crippen LogP contribution is 2.47. The molecule has 4 rings (SSSR count). The molecule has 2 aliphatic rings. The van der Waals surface area contributed by atoms with Crippen LogP contribution in [0.1, 0.15) is 30.1 Å². The molecule has 28 heavy (non-hydrogen) atoms. The maximum atomic E-state index is 13.2. The van der Waals surface area contributed by atoms with E-state index in [1.807, 2.05) is 38.6 Å². The topological polar surface area (TPSA) is 54.7 Å². The van der Waals surface area contributed by atoms with E-state index in [0.29, 0.717) is 6.61 Å². The largest absolute Gasteiger partial charge is 0.370 e. The van der Waals surface area contributed by atoms with Gasteiger partial charge in [0, 0.05) is 44.4 Å². The van der Waals surface area contributed by atoms with Crippen LogP contribution in [0.5, 0.6) is 0 Å². The lowest BCUT2D eigenvalue weighted by Gasteiger charge is -2.35. The zero-order chi connectivity index (χ0) is 18.9. The van der Waals surface area contributed by atoms with Gasteiger partial charge in [-0.1, -0.05) is 12.1 Å². The van der Waals surface area contributed by atoms with Crippen LogP contribution >= 0.6 is 24.0 Å². The first-order chi connectivity index (χ1) is 13.1. The number of aromatic nitrogens is 2. The third kappa shape index (κ3) is 4.48. The van der Waals surface area contributed by atoms with Crippen molar-refractivity contribution in [3.05, 3.63) is 53.6 Å². The molecule has 152 valence electrons. The predicted octanol–water partition coefficient (Wildman–Crippen LogP) is 2.86. The smallest absolute Gasteiger partial charge is 0.193 e. The second-order valence-electron chi connectivity index (χ2n) is 7.44. The van der Waals surface area contributed by atoms with Gasteiger partial charge in [0.25, 0.3) is 0 Å². The number of aliphatic imine (C=N–C) groups is 1. The molecule has 2 aromatic rings. The fourth-order valence-corrected chi connectivity index (χ4v) is 3.75. The van der Waals surface area contributed by atoms with Gasteiger partial charge in [0.15, 0.2) is 5.96 Å². The van der Waals surface area contributed by atoms with Crippen LogP contribution in [0.4, 0.5) is 4.39 Å². The van der Waals surface area contributed by atoms with E-state index in [4.69, 9.17) is 4.74 Å². The number of benzene rings is 1. The van der Waals surface area contributed by atoms with Gasteiger partial charge in [0.1, 0.15) is 11.9 Å². The number of ether oxygens (including phenoxy) is 1. The van der Waals surface area contributed by atoms with Crippen molar-refractivity contribution < 1.29 is 9.13 Å². The van der Waals surface area contributed by atoms with Crippen LogP contribution in [0, 0.1) is 5.82 Å². The Kier molecular flexibility index (Phi) is 6.59. The number of rotatable bonds is 4. The standard InChI is InChI=1S/C20H26FN5O.HI/c1-22-19(23-14-20(7-8-20)16-3-5-17(21)6-4-16)26-9-10-27-18(13-26)15-11-24-25(2)12-15;/h3-6,11-12,18H,7-10,13-14H2,1-2H3,(H,22,23);1H. The number of aryl methyl sites for hydroxylation is 1. The Labute approximate surface area is 182 Å². The third-order valence-corrected chi connectivity index (χ3v) is 5.57. The van der Waals surface area contributed by atoms with Crippen molar-refractivity contribution in [1.29, 1.82) is 0 Å². The highest BCUT2D eigenvalue weighted by Gasteiger charge is 2.44. The van der Waals surface area contributed by atoms with Crippen molar-refractivity contribution in [3.63, 3.8) is 0 Å². The molecule has 1 N–H and O–H groups in total. The molecule has 1 aliphatic heterocycles. The SMILES string of the molecule is CN=C(NCC1(c2ccc(F)cc2)CC1)N1CCOC(c2cnn(C)c2)C1.I. The van der Waals surface area contributed by atoms with Crippen molar-refractivity contribution in [1.82, 2.24) is 20.0 Å². The summed E-state index contributed by atoms with van der Waals surface area (Å²) in [6.07, 6.45) is 6.09. The Bertz CT molecular complexity index is 818. The fourth-order valence-electron chi connectivity index (χ4n) is 3.75. The molecule has 6 nitrogen and oxygen atoms in total. The number of hydrogen-bond acceptors (Lipinski definition) is 3. The molecule has 1 saturated heterocycles. The van der Waals surface area contributed by atoms with Crippen molar-refractivity contribution in [2.45, 2.75) is 24.4 Å². The number of nitrogens with zero attached hydrogens (tertiary/aromatic N) is 4. The van der Waals surface area contributed by atoms with Crippen LogP contribution in [-0.2, 0) is 17.2 Å². The maximum absolute atomic E-state index is 13.2. The molecule has 0 amide bonds. The molecule has 2 heterocycles. The summed E-state index contributed by atoms with van der Waals surface area (Å²) in [5.74, 6) is 0.702. The first-order valence-electron chi connectivity index (χ1n) is 9.41. The van der Waals surface area contributed by atoms with Crippen LogP contribution in [0.3, 0.4) is 0 Å². The van der Waals surface area contributed by atoms with E-state index >= 15 is 0 Å². The van der Waals surface area contributed by atoms with Crippen molar-refractivity contribution in [2.24, 2.45) is 12.0 Å². The Morgan fingerprint density at radius 2 is 2.11 bits per heavy atom. The average molecular weight is 499 g/mol. The third-order valence-electron chi connectivity index (χ3n) is 5.57. The maximum Gasteiger partial charge on any atom is 0.193 e. The Morgan fingerprint density at radius 3 is 2.71 bits per heavy atom. The van der Waals surface area contributed by atoms with Crippen molar-refractivity contribution >= 4 is 29.9 Å². The van der Waals surface area contributed by atoms with Gasteiger partial charge in [-0.25, -0.2) is 4.39 Å². The zero-order valence-corrected chi connectivity index (χ0v) is 18.6. The molecule has 0 radical (unpaired) electrons. The summed E-state index contributed by atoms with van der Waals surface area (Å²) in [5.41, 5.74) is 2.38. The van der Waals surface area contributed by atoms with E-state index in [9.17, 15) is 4.39 Å². The van der Waals surface area contributed by atoms with Crippen LogP contribution in [-0.4, -0.2) is 53.9 Å². The number of guanidine groups is 1. The van der Waals surface area contributed by atoms with Gasteiger partial charge in [-0.15, -0.1) is 24.0 Å². The van der Waals surface area contributed by atoms with Crippen molar-refractivity contribution in [3.8, 4) is 0 Å². The van der Waals surface area contributed by atoms with Crippen LogP contribution in [0.2, 0.25) is 0 Å².